The van der Waals surface area contributed by atoms with Crippen LogP contribution in [0.5, 0.6) is 0 Å². The third kappa shape index (κ3) is 5.08. The van der Waals surface area contributed by atoms with Gasteiger partial charge >= 0.3 is 0 Å². The first kappa shape index (κ1) is 14.5. The summed E-state index contributed by atoms with van der Waals surface area (Å²) in [6.07, 6.45) is 4.90. The molecular weight excluding hydrogens is 208 g/mol. The second kappa shape index (κ2) is 6.40. The van der Waals surface area contributed by atoms with Gasteiger partial charge in [-0.05, 0) is 71.0 Å². The van der Waals surface area contributed by atoms with Gasteiger partial charge in [0, 0.05) is 0 Å². The molecule has 1 fully saturated rings. The Bertz CT molecular complexity index is 255. The van der Waals surface area contributed by atoms with E-state index in [2.05, 4.69) is 24.8 Å². The highest BCUT2D eigenvalue weighted by molar-refractivity contribution is 4.91. The molecule has 98 valence electrons. The maximum Gasteiger partial charge on any atom is 0.0683 e. The Hall–Kier alpha value is -0.550. The van der Waals surface area contributed by atoms with Crippen LogP contribution in [-0.2, 0) is 0 Å². The molecule has 0 saturated carbocycles. The Labute approximate surface area is 107 Å². The smallest absolute Gasteiger partial charge is 0.0683 e. The summed E-state index contributed by atoms with van der Waals surface area (Å²) in [6.45, 7) is 12.5. The number of hydrogen-bond acceptors (Lipinski definition) is 2. The van der Waals surface area contributed by atoms with E-state index in [4.69, 9.17) is 5.26 Å². The zero-order valence-corrected chi connectivity index (χ0v) is 12.0. The van der Waals surface area contributed by atoms with Gasteiger partial charge in [0.15, 0.2) is 0 Å². The SMILES string of the molecule is CC(C)C1CCN(CCCC(C)(C)C#N)CC1. The fourth-order valence-corrected chi connectivity index (χ4v) is 2.64. The summed E-state index contributed by atoms with van der Waals surface area (Å²) >= 11 is 0. The van der Waals surface area contributed by atoms with Crippen molar-refractivity contribution < 1.29 is 0 Å². The Morgan fingerprint density at radius 1 is 1.29 bits per heavy atom. The fraction of sp³-hybridized carbons (Fsp3) is 0.933. The van der Waals surface area contributed by atoms with Crippen molar-refractivity contribution >= 4 is 0 Å². The lowest BCUT2D eigenvalue weighted by molar-refractivity contribution is 0.153. The molecule has 0 N–H and O–H groups in total. The number of nitrogens with zero attached hydrogens (tertiary/aromatic N) is 2. The second-order valence-electron chi connectivity index (χ2n) is 6.52. The standard InChI is InChI=1S/C15H28N2/c1-13(2)14-6-10-17(11-7-14)9-5-8-15(3,4)12-16/h13-14H,5-11H2,1-4H3. The van der Waals surface area contributed by atoms with Crippen molar-refractivity contribution in [3.05, 3.63) is 0 Å². The van der Waals surface area contributed by atoms with E-state index >= 15 is 0 Å². The van der Waals surface area contributed by atoms with Crippen LogP contribution in [0.4, 0.5) is 0 Å². The molecule has 2 nitrogen and oxygen atoms in total. The predicted molar refractivity (Wildman–Crippen MR) is 72.6 cm³/mol. The van der Waals surface area contributed by atoms with Crippen molar-refractivity contribution in [1.29, 1.82) is 5.26 Å². The number of likely N-dealkylation sites (tertiary alicyclic amines) is 1. The average Bonchev–Trinajstić information content (AvgIpc) is 2.29. The third-order valence-corrected chi connectivity index (χ3v) is 4.15. The molecule has 0 amide bonds. The van der Waals surface area contributed by atoms with Crippen LogP contribution in [0.1, 0.15) is 53.4 Å². The lowest BCUT2D eigenvalue weighted by atomic mass is 9.86. The lowest BCUT2D eigenvalue weighted by Gasteiger charge is -2.34. The lowest BCUT2D eigenvalue weighted by Crippen LogP contribution is -2.36. The van der Waals surface area contributed by atoms with Gasteiger partial charge in [-0.3, -0.25) is 0 Å². The van der Waals surface area contributed by atoms with Crippen LogP contribution in [-0.4, -0.2) is 24.5 Å². The number of rotatable bonds is 5. The van der Waals surface area contributed by atoms with E-state index in [-0.39, 0.29) is 5.41 Å². The summed E-state index contributed by atoms with van der Waals surface area (Å²) < 4.78 is 0. The molecule has 1 aliphatic rings. The van der Waals surface area contributed by atoms with Crippen LogP contribution < -0.4 is 0 Å². The molecule has 0 aromatic carbocycles. The van der Waals surface area contributed by atoms with Crippen LogP contribution in [0.25, 0.3) is 0 Å². The molecule has 0 aliphatic carbocycles. The molecule has 0 atom stereocenters. The van der Waals surface area contributed by atoms with Gasteiger partial charge in [-0.15, -0.1) is 0 Å². The van der Waals surface area contributed by atoms with Crippen molar-refractivity contribution in [2.24, 2.45) is 17.3 Å². The molecule has 1 rings (SSSR count). The van der Waals surface area contributed by atoms with E-state index in [1.165, 1.54) is 32.5 Å². The Kier molecular flexibility index (Phi) is 5.46. The van der Waals surface area contributed by atoms with Gasteiger partial charge in [-0.25, -0.2) is 0 Å². The highest BCUT2D eigenvalue weighted by Gasteiger charge is 2.22. The van der Waals surface area contributed by atoms with E-state index in [9.17, 15) is 0 Å². The molecule has 0 aromatic rings. The summed E-state index contributed by atoms with van der Waals surface area (Å²) in [4.78, 5) is 2.58. The van der Waals surface area contributed by atoms with Gasteiger partial charge in [0.05, 0.1) is 11.5 Å². The van der Waals surface area contributed by atoms with E-state index in [1.807, 2.05) is 13.8 Å². The first-order valence-corrected chi connectivity index (χ1v) is 7.08. The molecule has 0 aromatic heterocycles. The largest absolute Gasteiger partial charge is 0.303 e. The Morgan fingerprint density at radius 2 is 1.88 bits per heavy atom. The molecule has 0 radical (unpaired) electrons. The maximum absolute atomic E-state index is 8.96. The third-order valence-electron chi connectivity index (χ3n) is 4.15. The molecule has 2 heteroatoms. The van der Waals surface area contributed by atoms with Crippen molar-refractivity contribution in [1.82, 2.24) is 4.90 Å². The fourth-order valence-electron chi connectivity index (χ4n) is 2.64. The summed E-state index contributed by atoms with van der Waals surface area (Å²) in [6, 6.07) is 2.38. The van der Waals surface area contributed by atoms with Crippen molar-refractivity contribution in [2.45, 2.75) is 53.4 Å². The van der Waals surface area contributed by atoms with Crippen molar-refractivity contribution in [2.75, 3.05) is 19.6 Å². The summed E-state index contributed by atoms with van der Waals surface area (Å²) in [5.74, 6) is 1.77. The molecule has 0 bridgehead atoms. The van der Waals surface area contributed by atoms with E-state index in [0.717, 1.165) is 24.7 Å². The molecule has 0 unspecified atom stereocenters. The van der Waals surface area contributed by atoms with E-state index in [0.29, 0.717) is 0 Å². The van der Waals surface area contributed by atoms with E-state index < -0.39 is 0 Å². The summed E-state index contributed by atoms with van der Waals surface area (Å²) in [5, 5.41) is 8.96. The normalized spacial score (nSPS) is 19.5. The number of piperidine rings is 1. The molecule has 1 saturated heterocycles. The van der Waals surface area contributed by atoms with Gasteiger partial charge in [0.25, 0.3) is 0 Å². The van der Waals surface area contributed by atoms with Crippen LogP contribution in [0.3, 0.4) is 0 Å². The van der Waals surface area contributed by atoms with Gasteiger partial charge in [0.1, 0.15) is 0 Å². The van der Waals surface area contributed by atoms with Crippen LogP contribution in [0.2, 0.25) is 0 Å². The highest BCUT2D eigenvalue weighted by Crippen LogP contribution is 2.25. The molecule has 1 heterocycles. The topological polar surface area (TPSA) is 27.0 Å². The number of nitriles is 1. The molecule has 17 heavy (non-hydrogen) atoms. The zero-order chi connectivity index (χ0) is 12.9. The highest BCUT2D eigenvalue weighted by atomic mass is 15.1. The Morgan fingerprint density at radius 3 is 2.35 bits per heavy atom. The van der Waals surface area contributed by atoms with E-state index in [1.54, 1.807) is 0 Å². The first-order valence-electron chi connectivity index (χ1n) is 7.08. The van der Waals surface area contributed by atoms with Gasteiger partial charge in [-0.2, -0.15) is 5.26 Å². The van der Waals surface area contributed by atoms with Crippen LogP contribution >= 0.6 is 0 Å². The average molecular weight is 236 g/mol. The molecule has 0 spiro atoms. The maximum atomic E-state index is 8.96. The predicted octanol–water partition coefficient (Wildman–Crippen LogP) is 3.68. The van der Waals surface area contributed by atoms with Gasteiger partial charge in [0.2, 0.25) is 0 Å². The van der Waals surface area contributed by atoms with Gasteiger partial charge < -0.3 is 4.90 Å². The molecule has 1 aliphatic heterocycles. The van der Waals surface area contributed by atoms with Gasteiger partial charge in [-0.1, -0.05) is 13.8 Å². The van der Waals surface area contributed by atoms with Crippen molar-refractivity contribution in [3.8, 4) is 6.07 Å². The van der Waals surface area contributed by atoms with Crippen molar-refractivity contribution in [3.63, 3.8) is 0 Å². The zero-order valence-electron chi connectivity index (χ0n) is 12.0. The minimum Gasteiger partial charge on any atom is -0.303 e. The quantitative estimate of drug-likeness (QED) is 0.728. The summed E-state index contributed by atoms with van der Waals surface area (Å²) in [7, 11) is 0. The first-order chi connectivity index (χ1) is 7.94. The monoisotopic (exact) mass is 236 g/mol. The second-order valence-corrected chi connectivity index (χ2v) is 6.52. The van der Waals surface area contributed by atoms with Crippen LogP contribution in [0, 0.1) is 28.6 Å². The molecular formula is C15H28N2. The van der Waals surface area contributed by atoms with Crippen LogP contribution in [0.15, 0.2) is 0 Å². The minimum atomic E-state index is -0.143. The minimum absolute atomic E-state index is 0.143. The number of hydrogen-bond donors (Lipinski definition) is 0. The summed E-state index contributed by atoms with van der Waals surface area (Å²) in [5.41, 5.74) is -0.143. The Balaban J connectivity index is 2.17.